The highest BCUT2D eigenvalue weighted by Crippen LogP contribution is 2.32. The van der Waals surface area contributed by atoms with Crippen LogP contribution in [-0.4, -0.2) is 31.9 Å². The zero-order valence-electron chi connectivity index (χ0n) is 20.5. The van der Waals surface area contributed by atoms with Crippen molar-refractivity contribution in [3.63, 3.8) is 0 Å². The Bertz CT molecular complexity index is 1410. The largest absolute Gasteiger partial charge is 0.497 e. The Morgan fingerprint density at radius 1 is 0.811 bits per heavy atom. The van der Waals surface area contributed by atoms with Crippen molar-refractivity contribution in [2.45, 2.75) is 24.6 Å². The number of benzene rings is 3. The van der Waals surface area contributed by atoms with Gasteiger partial charge in [0.15, 0.2) is 0 Å². The lowest BCUT2D eigenvalue weighted by atomic mass is 10.2. The summed E-state index contributed by atoms with van der Waals surface area (Å²) < 4.78 is 58.6. The number of aromatic nitrogens is 1. The lowest BCUT2D eigenvalue weighted by molar-refractivity contribution is 0.306. The molecule has 1 aromatic heterocycles. The van der Waals surface area contributed by atoms with Crippen molar-refractivity contribution in [3.8, 4) is 17.2 Å². The van der Waals surface area contributed by atoms with Gasteiger partial charge in [-0.25, -0.2) is 12.8 Å². The first-order valence-corrected chi connectivity index (χ1v) is 12.9. The van der Waals surface area contributed by atoms with Crippen LogP contribution in [0.4, 0.5) is 4.39 Å². The predicted molar refractivity (Wildman–Crippen MR) is 137 cm³/mol. The van der Waals surface area contributed by atoms with Gasteiger partial charge >= 0.3 is 0 Å². The highest BCUT2D eigenvalue weighted by Gasteiger charge is 2.29. The molecule has 4 aromatic rings. The Hall–Kier alpha value is -3.95. The van der Waals surface area contributed by atoms with E-state index in [9.17, 15) is 12.8 Å². The number of hydrogen-bond acceptors (Lipinski definition) is 6. The van der Waals surface area contributed by atoms with Crippen molar-refractivity contribution in [3.05, 3.63) is 114 Å². The first-order valence-electron chi connectivity index (χ1n) is 11.5. The molecule has 1 heterocycles. The number of sulfonamides is 1. The molecular formula is C28H27FN2O5S. The fourth-order valence-corrected chi connectivity index (χ4v) is 5.27. The van der Waals surface area contributed by atoms with Crippen LogP contribution in [0.15, 0.2) is 96.2 Å². The van der Waals surface area contributed by atoms with Crippen LogP contribution in [0.2, 0.25) is 0 Å². The Balaban J connectivity index is 1.58. The van der Waals surface area contributed by atoms with Crippen LogP contribution in [0.25, 0.3) is 0 Å². The molecule has 0 fully saturated rings. The first-order chi connectivity index (χ1) is 17.9. The third-order valence-corrected chi connectivity index (χ3v) is 7.48. The molecule has 9 heteroatoms. The summed E-state index contributed by atoms with van der Waals surface area (Å²) in [6, 6.07) is 21.5. The van der Waals surface area contributed by atoms with Crippen LogP contribution in [0.5, 0.6) is 17.2 Å². The van der Waals surface area contributed by atoms with Gasteiger partial charge in [-0.2, -0.15) is 4.31 Å². The number of hydrogen-bond donors (Lipinski definition) is 0. The SMILES string of the molecule is COc1ccc(OC)c(S(=O)(=O)N(Cc2ccc(OCc3ccc(F)cc3)cc2)Cc2cccnc2)c1. The molecule has 37 heavy (non-hydrogen) atoms. The van der Waals surface area contributed by atoms with Gasteiger partial charge in [-0.1, -0.05) is 30.3 Å². The number of rotatable bonds is 11. The Morgan fingerprint density at radius 2 is 1.49 bits per heavy atom. The van der Waals surface area contributed by atoms with Gasteiger partial charge in [0, 0.05) is 31.5 Å². The van der Waals surface area contributed by atoms with Gasteiger partial charge in [0.05, 0.1) is 14.2 Å². The summed E-state index contributed by atoms with van der Waals surface area (Å²) in [5, 5.41) is 0. The van der Waals surface area contributed by atoms with Crippen LogP contribution in [0, 0.1) is 5.82 Å². The Labute approximate surface area is 216 Å². The minimum atomic E-state index is -3.99. The van der Waals surface area contributed by atoms with Crippen molar-refractivity contribution >= 4 is 10.0 Å². The van der Waals surface area contributed by atoms with E-state index in [4.69, 9.17) is 14.2 Å². The summed E-state index contributed by atoms with van der Waals surface area (Å²) in [6.45, 7) is 0.506. The zero-order chi connectivity index (χ0) is 26.3. The molecule has 0 unspecified atom stereocenters. The first kappa shape index (κ1) is 26.1. The molecule has 0 radical (unpaired) electrons. The van der Waals surface area contributed by atoms with Gasteiger partial charge < -0.3 is 14.2 Å². The molecule has 0 saturated heterocycles. The van der Waals surface area contributed by atoms with E-state index in [2.05, 4.69) is 4.98 Å². The van der Waals surface area contributed by atoms with Crippen molar-refractivity contribution in [1.82, 2.24) is 9.29 Å². The number of halogens is 1. The molecular weight excluding hydrogens is 495 g/mol. The number of nitrogens with zero attached hydrogens (tertiary/aromatic N) is 2. The second kappa shape index (κ2) is 11.9. The summed E-state index contributed by atoms with van der Waals surface area (Å²) in [5.41, 5.74) is 2.35. The summed E-state index contributed by atoms with van der Waals surface area (Å²) in [7, 11) is -1.09. The van der Waals surface area contributed by atoms with Crippen molar-refractivity contribution in [2.24, 2.45) is 0 Å². The Morgan fingerprint density at radius 3 is 2.14 bits per heavy atom. The summed E-state index contributed by atoms with van der Waals surface area (Å²) in [4.78, 5) is 4.13. The quantitative estimate of drug-likeness (QED) is 0.269. The fourth-order valence-electron chi connectivity index (χ4n) is 3.69. The topological polar surface area (TPSA) is 78.0 Å². The van der Waals surface area contributed by atoms with Gasteiger partial charge in [-0.15, -0.1) is 0 Å². The third kappa shape index (κ3) is 6.63. The molecule has 0 aliphatic rings. The molecule has 0 N–H and O–H groups in total. The molecule has 3 aromatic carbocycles. The second-order valence-electron chi connectivity index (χ2n) is 8.21. The van der Waals surface area contributed by atoms with Crippen LogP contribution in [-0.2, 0) is 29.7 Å². The average Bonchev–Trinajstić information content (AvgIpc) is 2.93. The van der Waals surface area contributed by atoms with Crippen molar-refractivity contribution in [1.29, 1.82) is 0 Å². The van der Waals surface area contributed by atoms with E-state index in [-0.39, 0.29) is 36.2 Å². The number of pyridine rings is 1. The highest BCUT2D eigenvalue weighted by molar-refractivity contribution is 7.89. The van der Waals surface area contributed by atoms with Crippen LogP contribution < -0.4 is 14.2 Å². The summed E-state index contributed by atoms with van der Waals surface area (Å²) in [6.07, 6.45) is 3.27. The van der Waals surface area contributed by atoms with Crippen LogP contribution in [0.1, 0.15) is 16.7 Å². The van der Waals surface area contributed by atoms with Crippen LogP contribution in [0.3, 0.4) is 0 Å². The summed E-state index contributed by atoms with van der Waals surface area (Å²) >= 11 is 0. The monoisotopic (exact) mass is 522 g/mol. The minimum Gasteiger partial charge on any atom is -0.497 e. The molecule has 192 valence electrons. The van der Waals surface area contributed by atoms with E-state index in [1.807, 2.05) is 18.2 Å². The fraction of sp³-hybridized carbons (Fsp3) is 0.179. The Kier molecular flexibility index (Phi) is 8.37. The highest BCUT2D eigenvalue weighted by atomic mass is 32.2. The van der Waals surface area contributed by atoms with E-state index < -0.39 is 10.0 Å². The summed E-state index contributed by atoms with van der Waals surface area (Å²) in [5.74, 6) is 0.944. The van der Waals surface area contributed by atoms with E-state index >= 15 is 0 Å². The molecule has 0 aliphatic carbocycles. The third-order valence-electron chi connectivity index (χ3n) is 5.67. The normalized spacial score (nSPS) is 11.4. The van der Waals surface area contributed by atoms with E-state index in [1.165, 1.54) is 36.7 Å². The lowest BCUT2D eigenvalue weighted by Gasteiger charge is -2.24. The molecule has 0 saturated carbocycles. The molecule has 0 bridgehead atoms. The van der Waals surface area contributed by atoms with Gasteiger partial charge in [0.25, 0.3) is 0 Å². The van der Waals surface area contributed by atoms with Gasteiger partial charge in [-0.05, 0) is 59.2 Å². The number of ether oxygens (including phenoxy) is 3. The second-order valence-corrected chi connectivity index (χ2v) is 10.1. The van der Waals surface area contributed by atoms with Crippen molar-refractivity contribution in [2.75, 3.05) is 14.2 Å². The lowest BCUT2D eigenvalue weighted by Crippen LogP contribution is -2.30. The molecule has 0 amide bonds. The maximum Gasteiger partial charge on any atom is 0.247 e. The maximum atomic E-state index is 13.9. The van der Waals surface area contributed by atoms with Crippen LogP contribution >= 0.6 is 0 Å². The minimum absolute atomic E-state index is 0.0116. The maximum absolute atomic E-state index is 13.9. The average molecular weight is 523 g/mol. The standard InChI is InChI=1S/C28H27FN2O5S/c1-34-26-13-14-27(35-2)28(16-26)37(32,33)31(19-23-4-3-15-30-17-23)18-21-7-11-25(12-8-21)36-20-22-5-9-24(29)10-6-22/h3-17H,18-20H2,1-2H3. The van der Waals surface area contributed by atoms with Gasteiger partial charge in [0.2, 0.25) is 10.0 Å². The smallest absolute Gasteiger partial charge is 0.247 e. The number of methoxy groups -OCH3 is 2. The van der Waals surface area contributed by atoms with Crippen molar-refractivity contribution < 1.29 is 27.0 Å². The predicted octanol–water partition coefficient (Wildman–Crippen LogP) is 5.21. The molecule has 0 spiro atoms. The molecule has 0 atom stereocenters. The van der Waals surface area contributed by atoms with E-state index in [0.29, 0.717) is 11.5 Å². The zero-order valence-corrected chi connectivity index (χ0v) is 21.3. The van der Waals surface area contributed by atoms with Gasteiger partial charge in [-0.3, -0.25) is 4.98 Å². The molecule has 4 rings (SSSR count). The van der Waals surface area contributed by atoms with Gasteiger partial charge in [0.1, 0.15) is 34.6 Å². The molecule has 7 nitrogen and oxygen atoms in total. The van der Waals surface area contributed by atoms with E-state index in [1.54, 1.807) is 54.9 Å². The van der Waals surface area contributed by atoms with E-state index in [0.717, 1.165) is 16.7 Å². The molecule has 0 aliphatic heterocycles.